The molecule has 0 saturated carbocycles. The Bertz CT molecular complexity index is 1150. The van der Waals surface area contributed by atoms with E-state index in [0.29, 0.717) is 22.4 Å². The second-order valence-corrected chi connectivity index (χ2v) is 5.24. The van der Waals surface area contributed by atoms with Gasteiger partial charge in [0, 0.05) is 6.07 Å². The molecule has 6 heteroatoms. The van der Waals surface area contributed by atoms with Gasteiger partial charge in [0.25, 0.3) is 11.1 Å². The van der Waals surface area contributed by atoms with Crippen LogP contribution in [0.1, 0.15) is 0 Å². The van der Waals surface area contributed by atoms with Gasteiger partial charge in [-0.05, 0) is 30.3 Å². The summed E-state index contributed by atoms with van der Waals surface area (Å²) in [5.41, 5.74) is 1.83. The lowest BCUT2D eigenvalue weighted by Gasteiger charge is -2.06. The van der Waals surface area contributed by atoms with Gasteiger partial charge in [0.2, 0.25) is 0 Å². The second kappa shape index (κ2) is 5.58. The molecule has 6 nitrogen and oxygen atoms in total. The van der Waals surface area contributed by atoms with Crippen LogP contribution >= 0.6 is 0 Å². The number of nitrogens with zero attached hydrogens (tertiary/aromatic N) is 3. The molecular formula is C18H12N4O2. The summed E-state index contributed by atoms with van der Waals surface area (Å²) in [6.45, 7) is 0. The van der Waals surface area contributed by atoms with Crippen molar-refractivity contribution < 1.29 is 0 Å². The van der Waals surface area contributed by atoms with Crippen molar-refractivity contribution in [3.8, 4) is 17.1 Å². The first-order valence-corrected chi connectivity index (χ1v) is 7.37. The Balaban J connectivity index is 1.93. The standard InChI is InChI=1S/C18H12N4O2/c23-16-11-10-15(21-22(16)12-6-2-1-3-7-12)17-18(24)20-14-9-5-4-8-13(14)19-17/h1-11H,(H,20,24). The quantitative estimate of drug-likeness (QED) is 0.614. The molecule has 24 heavy (non-hydrogen) atoms. The van der Waals surface area contributed by atoms with Gasteiger partial charge in [0.05, 0.1) is 16.7 Å². The van der Waals surface area contributed by atoms with E-state index in [1.54, 1.807) is 18.2 Å². The van der Waals surface area contributed by atoms with E-state index in [4.69, 9.17) is 0 Å². The van der Waals surface area contributed by atoms with Crippen LogP contribution in [0.2, 0.25) is 0 Å². The van der Waals surface area contributed by atoms with Crippen molar-refractivity contribution in [2.75, 3.05) is 0 Å². The van der Waals surface area contributed by atoms with Crippen molar-refractivity contribution in [1.29, 1.82) is 0 Å². The maximum atomic E-state index is 12.3. The molecule has 0 spiro atoms. The van der Waals surface area contributed by atoms with E-state index in [-0.39, 0.29) is 16.8 Å². The monoisotopic (exact) mass is 316 g/mol. The normalized spacial score (nSPS) is 10.8. The fraction of sp³-hybridized carbons (Fsp3) is 0. The molecule has 0 atom stereocenters. The molecule has 0 radical (unpaired) electrons. The summed E-state index contributed by atoms with van der Waals surface area (Å²) in [7, 11) is 0. The van der Waals surface area contributed by atoms with Gasteiger partial charge in [-0.1, -0.05) is 30.3 Å². The molecular weight excluding hydrogens is 304 g/mol. The third kappa shape index (κ3) is 2.40. The number of benzene rings is 2. The van der Waals surface area contributed by atoms with Gasteiger partial charge in [-0.3, -0.25) is 9.59 Å². The smallest absolute Gasteiger partial charge is 0.276 e. The fourth-order valence-electron chi connectivity index (χ4n) is 2.49. The van der Waals surface area contributed by atoms with E-state index in [0.717, 1.165) is 0 Å². The molecule has 1 N–H and O–H groups in total. The van der Waals surface area contributed by atoms with Crippen LogP contribution in [0.5, 0.6) is 0 Å². The van der Waals surface area contributed by atoms with Crippen LogP contribution in [0.4, 0.5) is 0 Å². The second-order valence-electron chi connectivity index (χ2n) is 5.24. The molecule has 0 bridgehead atoms. The van der Waals surface area contributed by atoms with E-state index >= 15 is 0 Å². The zero-order chi connectivity index (χ0) is 16.5. The number of hydrogen-bond acceptors (Lipinski definition) is 4. The molecule has 4 aromatic rings. The highest BCUT2D eigenvalue weighted by molar-refractivity contribution is 5.76. The van der Waals surface area contributed by atoms with Crippen molar-refractivity contribution in [3.05, 3.63) is 87.4 Å². The topological polar surface area (TPSA) is 80.6 Å². The van der Waals surface area contributed by atoms with Gasteiger partial charge in [-0.2, -0.15) is 9.78 Å². The first-order chi connectivity index (χ1) is 11.7. The zero-order valence-electron chi connectivity index (χ0n) is 12.5. The number of para-hydroxylation sites is 3. The Hall–Kier alpha value is -3.54. The minimum atomic E-state index is -0.348. The number of H-pyrrole nitrogens is 1. The predicted octanol–water partition coefficient (Wildman–Crippen LogP) is 2.14. The third-order valence-corrected chi connectivity index (χ3v) is 3.64. The van der Waals surface area contributed by atoms with Crippen molar-refractivity contribution >= 4 is 11.0 Å². The molecule has 4 rings (SSSR count). The average Bonchev–Trinajstić information content (AvgIpc) is 2.62. The van der Waals surface area contributed by atoms with Gasteiger partial charge >= 0.3 is 0 Å². The lowest BCUT2D eigenvalue weighted by Crippen LogP contribution is -2.22. The summed E-state index contributed by atoms with van der Waals surface area (Å²) in [4.78, 5) is 31.6. The Labute approximate surface area is 136 Å². The van der Waals surface area contributed by atoms with Crippen LogP contribution < -0.4 is 11.1 Å². The maximum absolute atomic E-state index is 12.3. The number of hydrogen-bond donors (Lipinski definition) is 1. The first kappa shape index (κ1) is 14.1. The van der Waals surface area contributed by atoms with Gasteiger partial charge in [0.1, 0.15) is 5.69 Å². The van der Waals surface area contributed by atoms with Crippen LogP contribution in [0.15, 0.2) is 76.3 Å². The van der Waals surface area contributed by atoms with E-state index in [1.807, 2.05) is 36.4 Å². The predicted molar refractivity (Wildman–Crippen MR) is 91.2 cm³/mol. The van der Waals surface area contributed by atoms with Gasteiger partial charge < -0.3 is 4.98 Å². The van der Waals surface area contributed by atoms with Crippen LogP contribution in [-0.4, -0.2) is 19.7 Å². The highest BCUT2D eigenvalue weighted by Crippen LogP contribution is 2.13. The number of rotatable bonds is 2. The number of aromatic nitrogens is 4. The van der Waals surface area contributed by atoms with Gasteiger partial charge in [-0.15, -0.1) is 0 Å². The summed E-state index contributed by atoms with van der Waals surface area (Å²) < 4.78 is 1.26. The van der Waals surface area contributed by atoms with Crippen LogP contribution in [0.25, 0.3) is 28.1 Å². The minimum Gasteiger partial charge on any atom is -0.319 e. The van der Waals surface area contributed by atoms with E-state index < -0.39 is 0 Å². The minimum absolute atomic E-state index is 0.179. The summed E-state index contributed by atoms with van der Waals surface area (Å²) in [6, 6.07) is 19.2. The Morgan fingerprint density at radius 1 is 0.833 bits per heavy atom. The molecule has 2 aromatic carbocycles. The summed E-state index contributed by atoms with van der Waals surface area (Å²) in [5.74, 6) is 0. The van der Waals surface area contributed by atoms with Gasteiger partial charge in [0.15, 0.2) is 5.69 Å². The van der Waals surface area contributed by atoms with Crippen molar-refractivity contribution in [1.82, 2.24) is 19.7 Å². The van der Waals surface area contributed by atoms with E-state index in [1.165, 1.54) is 16.8 Å². The largest absolute Gasteiger partial charge is 0.319 e. The van der Waals surface area contributed by atoms with Crippen molar-refractivity contribution in [2.45, 2.75) is 0 Å². The third-order valence-electron chi connectivity index (χ3n) is 3.64. The van der Waals surface area contributed by atoms with Crippen LogP contribution in [-0.2, 0) is 0 Å². The number of nitrogens with one attached hydrogen (secondary N) is 1. The van der Waals surface area contributed by atoms with Crippen molar-refractivity contribution in [2.24, 2.45) is 0 Å². The lowest BCUT2D eigenvalue weighted by atomic mass is 10.2. The summed E-state index contributed by atoms with van der Waals surface area (Å²) >= 11 is 0. The van der Waals surface area contributed by atoms with Crippen LogP contribution in [0.3, 0.4) is 0 Å². The highest BCUT2D eigenvalue weighted by Gasteiger charge is 2.11. The SMILES string of the molecule is O=c1[nH]c2ccccc2nc1-c1ccc(=O)n(-c2ccccc2)n1. The molecule has 0 aliphatic carbocycles. The van der Waals surface area contributed by atoms with E-state index in [2.05, 4.69) is 15.1 Å². The molecule has 2 aromatic heterocycles. The summed E-state index contributed by atoms with van der Waals surface area (Å²) in [6.07, 6.45) is 0. The summed E-state index contributed by atoms with van der Waals surface area (Å²) in [5, 5.41) is 4.30. The molecule has 0 saturated heterocycles. The molecule has 116 valence electrons. The Kier molecular flexibility index (Phi) is 3.28. The fourth-order valence-corrected chi connectivity index (χ4v) is 2.49. The van der Waals surface area contributed by atoms with Crippen molar-refractivity contribution in [3.63, 3.8) is 0 Å². The number of fused-ring (bicyclic) bond motifs is 1. The molecule has 2 heterocycles. The zero-order valence-corrected chi connectivity index (χ0v) is 12.5. The average molecular weight is 316 g/mol. The maximum Gasteiger partial charge on any atom is 0.276 e. The molecule has 0 unspecified atom stereocenters. The number of aromatic amines is 1. The lowest BCUT2D eigenvalue weighted by molar-refractivity contribution is 0.809. The molecule has 0 fully saturated rings. The van der Waals surface area contributed by atoms with E-state index in [9.17, 15) is 9.59 Å². The Morgan fingerprint density at radius 3 is 2.42 bits per heavy atom. The highest BCUT2D eigenvalue weighted by atomic mass is 16.1. The van der Waals surface area contributed by atoms with Crippen LogP contribution in [0, 0.1) is 0 Å². The molecule has 0 amide bonds. The molecule has 0 aliphatic heterocycles. The Morgan fingerprint density at radius 2 is 1.58 bits per heavy atom. The molecule has 0 aliphatic rings. The first-order valence-electron chi connectivity index (χ1n) is 7.37. The van der Waals surface area contributed by atoms with Gasteiger partial charge in [-0.25, -0.2) is 4.98 Å².